The zero-order valence-corrected chi connectivity index (χ0v) is 20.6. The van der Waals surface area contributed by atoms with Gasteiger partial charge >= 0.3 is 0 Å². The Kier molecular flexibility index (Phi) is 6.45. The number of benzene rings is 3. The Morgan fingerprint density at radius 1 is 0.973 bits per heavy atom. The molecule has 3 aromatic carbocycles. The third-order valence-corrected chi connectivity index (χ3v) is 6.20. The van der Waals surface area contributed by atoms with Gasteiger partial charge in [0, 0.05) is 30.8 Å². The van der Waals surface area contributed by atoms with Crippen molar-refractivity contribution in [3.05, 3.63) is 90.0 Å². The monoisotopic (exact) mass is 496 g/mol. The van der Waals surface area contributed by atoms with Crippen LogP contribution in [0, 0.1) is 5.82 Å². The fraction of sp³-hybridized carbons (Fsp3) is 0.179. The molecule has 1 aromatic heterocycles. The number of fused-ring (bicyclic) bond motifs is 2. The van der Waals surface area contributed by atoms with Crippen LogP contribution in [-0.4, -0.2) is 60.1 Å². The fourth-order valence-corrected chi connectivity index (χ4v) is 4.33. The highest BCUT2D eigenvalue weighted by molar-refractivity contribution is 6.24. The van der Waals surface area contributed by atoms with Gasteiger partial charge in [0.05, 0.1) is 29.0 Å². The van der Waals surface area contributed by atoms with Crippen LogP contribution in [0.2, 0.25) is 0 Å². The summed E-state index contributed by atoms with van der Waals surface area (Å²) in [5.74, 6) is -1.49. The smallest absolute Gasteiger partial charge is 0.240 e. The Morgan fingerprint density at radius 2 is 1.70 bits per heavy atom. The van der Waals surface area contributed by atoms with Crippen molar-refractivity contribution in [2.24, 2.45) is 4.99 Å². The molecule has 1 N–H and O–H groups in total. The molecule has 1 unspecified atom stereocenters. The SMILES string of the molecule is CN(C)CC(=O)N(C)c1ccc(N=C(c2ccc3nccnc3c2)C2C(=O)Nc3cc(F)ccc32)cc1. The summed E-state index contributed by atoms with van der Waals surface area (Å²) >= 11 is 0. The summed E-state index contributed by atoms with van der Waals surface area (Å²) in [5.41, 5.74) is 5.01. The van der Waals surface area contributed by atoms with Gasteiger partial charge in [-0.2, -0.15) is 0 Å². The van der Waals surface area contributed by atoms with Gasteiger partial charge in [-0.15, -0.1) is 0 Å². The topological polar surface area (TPSA) is 90.8 Å². The summed E-state index contributed by atoms with van der Waals surface area (Å²) in [6.45, 7) is 0.294. The van der Waals surface area contributed by atoms with Crippen LogP contribution in [0.5, 0.6) is 0 Å². The number of amides is 2. The van der Waals surface area contributed by atoms with E-state index in [2.05, 4.69) is 15.3 Å². The standard InChI is InChI=1S/C28H25FN6O2/c1-34(2)16-25(36)35(3)20-8-6-19(7-9-20)32-27(17-4-11-22-24(14-17)31-13-12-30-22)26-21-10-5-18(29)15-23(21)33-28(26)37/h4-15,26H,16H2,1-3H3,(H,33,37). The highest BCUT2D eigenvalue weighted by atomic mass is 19.1. The first-order valence-electron chi connectivity index (χ1n) is 11.7. The van der Waals surface area contributed by atoms with E-state index in [0.717, 1.165) is 11.2 Å². The lowest BCUT2D eigenvalue weighted by molar-refractivity contribution is -0.119. The van der Waals surface area contributed by atoms with Crippen LogP contribution in [-0.2, 0) is 9.59 Å². The molecule has 0 saturated heterocycles. The van der Waals surface area contributed by atoms with Crippen molar-refractivity contribution >= 4 is 45.6 Å². The molecule has 0 aliphatic carbocycles. The number of hydrogen-bond acceptors (Lipinski definition) is 6. The quantitative estimate of drug-likeness (QED) is 0.405. The Labute approximate surface area is 213 Å². The molecule has 186 valence electrons. The molecular weight excluding hydrogens is 471 g/mol. The lowest BCUT2D eigenvalue weighted by atomic mass is 9.90. The number of likely N-dealkylation sites (N-methyl/N-ethyl adjacent to an activating group) is 2. The largest absolute Gasteiger partial charge is 0.325 e. The average molecular weight is 497 g/mol. The molecule has 2 heterocycles. The first kappa shape index (κ1) is 24.2. The normalized spacial score (nSPS) is 15.1. The van der Waals surface area contributed by atoms with E-state index in [1.807, 2.05) is 49.3 Å². The molecule has 4 aromatic rings. The maximum absolute atomic E-state index is 13.9. The number of nitrogens with zero attached hydrogens (tertiary/aromatic N) is 5. The minimum absolute atomic E-state index is 0.0364. The zero-order chi connectivity index (χ0) is 26.1. The van der Waals surface area contributed by atoms with Gasteiger partial charge in [0.1, 0.15) is 11.7 Å². The third-order valence-electron chi connectivity index (χ3n) is 6.20. The van der Waals surface area contributed by atoms with Crippen LogP contribution < -0.4 is 10.2 Å². The van der Waals surface area contributed by atoms with Crippen LogP contribution in [0.25, 0.3) is 11.0 Å². The Morgan fingerprint density at radius 3 is 2.43 bits per heavy atom. The van der Waals surface area contributed by atoms with Gasteiger partial charge in [-0.25, -0.2) is 4.39 Å². The summed E-state index contributed by atoms with van der Waals surface area (Å²) in [4.78, 5) is 42.6. The number of carbonyl (C=O) groups is 2. The number of rotatable bonds is 6. The van der Waals surface area contributed by atoms with Crippen molar-refractivity contribution in [3.8, 4) is 0 Å². The van der Waals surface area contributed by atoms with E-state index in [1.165, 1.54) is 12.1 Å². The molecule has 0 radical (unpaired) electrons. The predicted molar refractivity (Wildman–Crippen MR) is 142 cm³/mol. The number of aromatic nitrogens is 2. The Balaban J connectivity index is 1.57. The van der Waals surface area contributed by atoms with Crippen LogP contribution in [0.4, 0.5) is 21.5 Å². The van der Waals surface area contributed by atoms with Crippen molar-refractivity contribution in [3.63, 3.8) is 0 Å². The maximum Gasteiger partial charge on any atom is 0.240 e. The minimum atomic E-state index is -0.742. The first-order chi connectivity index (χ1) is 17.8. The van der Waals surface area contributed by atoms with E-state index in [0.29, 0.717) is 40.3 Å². The van der Waals surface area contributed by atoms with E-state index >= 15 is 0 Å². The summed E-state index contributed by atoms with van der Waals surface area (Å²) in [5, 5.41) is 2.78. The molecule has 37 heavy (non-hydrogen) atoms. The van der Waals surface area contributed by atoms with Crippen molar-refractivity contribution < 1.29 is 14.0 Å². The fourth-order valence-electron chi connectivity index (χ4n) is 4.33. The molecule has 8 nitrogen and oxygen atoms in total. The first-order valence-corrected chi connectivity index (χ1v) is 11.7. The molecule has 2 amide bonds. The van der Waals surface area contributed by atoms with Gasteiger partial charge in [0.25, 0.3) is 0 Å². The zero-order valence-electron chi connectivity index (χ0n) is 20.6. The van der Waals surface area contributed by atoms with E-state index in [-0.39, 0.29) is 11.8 Å². The number of hydrogen-bond donors (Lipinski definition) is 1. The minimum Gasteiger partial charge on any atom is -0.325 e. The molecular formula is C28H25FN6O2. The van der Waals surface area contributed by atoms with Crippen molar-refractivity contribution in [2.75, 3.05) is 37.9 Å². The summed E-state index contributed by atoms with van der Waals surface area (Å²) in [6, 6.07) is 17.0. The highest BCUT2D eigenvalue weighted by Crippen LogP contribution is 2.37. The lowest BCUT2D eigenvalue weighted by Gasteiger charge is -2.20. The number of anilines is 2. The summed E-state index contributed by atoms with van der Waals surface area (Å²) in [7, 11) is 5.41. The second-order valence-electron chi connectivity index (χ2n) is 9.12. The van der Waals surface area contributed by atoms with Gasteiger partial charge in [-0.1, -0.05) is 12.1 Å². The van der Waals surface area contributed by atoms with Crippen LogP contribution >= 0.6 is 0 Å². The van der Waals surface area contributed by atoms with Crippen molar-refractivity contribution in [1.29, 1.82) is 0 Å². The maximum atomic E-state index is 13.9. The Hall–Kier alpha value is -4.50. The second kappa shape index (κ2) is 9.87. The van der Waals surface area contributed by atoms with E-state index in [4.69, 9.17) is 4.99 Å². The van der Waals surface area contributed by atoms with E-state index in [9.17, 15) is 14.0 Å². The van der Waals surface area contributed by atoms with Crippen LogP contribution in [0.1, 0.15) is 17.0 Å². The summed E-state index contributed by atoms with van der Waals surface area (Å²) in [6.07, 6.45) is 3.23. The number of halogens is 1. The van der Waals surface area contributed by atoms with Gasteiger partial charge in [-0.05, 0) is 73.8 Å². The lowest BCUT2D eigenvalue weighted by Crippen LogP contribution is -2.34. The third kappa shape index (κ3) is 4.94. The number of carbonyl (C=O) groups excluding carboxylic acids is 2. The number of nitrogens with one attached hydrogen (secondary N) is 1. The van der Waals surface area contributed by atoms with Gasteiger partial charge in [0.2, 0.25) is 11.8 Å². The highest BCUT2D eigenvalue weighted by Gasteiger charge is 2.35. The molecule has 9 heteroatoms. The molecule has 1 aliphatic heterocycles. The van der Waals surface area contributed by atoms with Crippen molar-refractivity contribution in [1.82, 2.24) is 14.9 Å². The molecule has 0 fully saturated rings. The van der Waals surface area contributed by atoms with Gasteiger partial charge in [-0.3, -0.25) is 24.5 Å². The molecule has 1 aliphatic rings. The van der Waals surface area contributed by atoms with Gasteiger partial charge < -0.3 is 15.1 Å². The predicted octanol–water partition coefficient (Wildman–Crippen LogP) is 4.15. The molecule has 0 bridgehead atoms. The molecule has 0 spiro atoms. The van der Waals surface area contributed by atoms with Crippen LogP contribution in [0.15, 0.2) is 78.0 Å². The molecule has 1 atom stereocenters. The molecule has 5 rings (SSSR count). The molecule has 0 saturated carbocycles. The van der Waals surface area contributed by atoms with E-state index < -0.39 is 11.7 Å². The van der Waals surface area contributed by atoms with Crippen molar-refractivity contribution in [2.45, 2.75) is 5.92 Å². The van der Waals surface area contributed by atoms with Gasteiger partial charge in [0.15, 0.2) is 0 Å². The Bertz CT molecular complexity index is 1530. The van der Waals surface area contributed by atoms with E-state index in [1.54, 1.807) is 42.5 Å². The number of aliphatic imine (C=N–C) groups is 1. The second-order valence-corrected chi connectivity index (χ2v) is 9.12. The van der Waals surface area contributed by atoms with Crippen LogP contribution in [0.3, 0.4) is 0 Å². The summed E-state index contributed by atoms with van der Waals surface area (Å²) < 4.78 is 13.9. The average Bonchev–Trinajstić information content (AvgIpc) is 3.21.